The van der Waals surface area contributed by atoms with E-state index in [0.717, 1.165) is 95.1 Å². The molecule has 11 rings (SSSR count). The lowest BCUT2D eigenvalue weighted by molar-refractivity contribution is 0.668. The quantitative estimate of drug-likeness (QED) is 0.145. The number of furan rings is 2. The van der Waals surface area contributed by atoms with Gasteiger partial charge in [0.15, 0.2) is 0 Å². The van der Waals surface area contributed by atoms with Crippen molar-refractivity contribution < 1.29 is 8.83 Å². The molecule has 0 saturated heterocycles. The third-order valence-corrected chi connectivity index (χ3v) is 11.2. The molecule has 60 heavy (non-hydrogen) atoms. The molecule has 0 aliphatic rings. The maximum absolute atomic E-state index is 6.91. The number of hydrogen-bond donors (Lipinski definition) is 0. The van der Waals surface area contributed by atoms with Crippen LogP contribution >= 0.6 is 11.6 Å². The van der Waals surface area contributed by atoms with Crippen molar-refractivity contribution in [2.75, 3.05) is 14.7 Å². The van der Waals surface area contributed by atoms with E-state index in [1.165, 1.54) is 0 Å². The minimum Gasteiger partial charge on any atom is -0.456 e. The number of rotatable bonds is 9. The first kappa shape index (κ1) is 35.4. The van der Waals surface area contributed by atoms with Crippen LogP contribution < -0.4 is 14.7 Å². The molecule has 0 atom stereocenters. The van der Waals surface area contributed by atoms with Gasteiger partial charge in [0.1, 0.15) is 22.3 Å². The third kappa shape index (κ3) is 6.20. The van der Waals surface area contributed by atoms with Crippen molar-refractivity contribution in [1.29, 1.82) is 0 Å². The summed E-state index contributed by atoms with van der Waals surface area (Å²) in [7, 11) is 0. The van der Waals surface area contributed by atoms with Crippen LogP contribution in [0.15, 0.2) is 227 Å². The van der Waals surface area contributed by atoms with Crippen LogP contribution in [-0.4, -0.2) is 0 Å². The topological polar surface area (TPSA) is 36.0 Å². The fourth-order valence-electron chi connectivity index (χ4n) is 8.48. The van der Waals surface area contributed by atoms with E-state index in [-0.39, 0.29) is 0 Å². The number of halogens is 1. The third-order valence-electron chi connectivity index (χ3n) is 11.0. The average Bonchev–Trinajstić information content (AvgIpc) is 3.87. The summed E-state index contributed by atoms with van der Waals surface area (Å²) in [5, 5.41) is 4.70. The molecule has 0 bridgehead atoms. The van der Waals surface area contributed by atoms with Crippen LogP contribution in [0, 0.1) is 0 Å². The molecule has 0 amide bonds. The van der Waals surface area contributed by atoms with Crippen molar-refractivity contribution in [2.24, 2.45) is 0 Å². The van der Waals surface area contributed by atoms with Gasteiger partial charge in [-0.15, -0.1) is 0 Å². The minimum atomic E-state index is 0.590. The van der Waals surface area contributed by atoms with E-state index in [1.807, 2.05) is 48.5 Å². The molecule has 0 fully saturated rings. The highest BCUT2D eigenvalue weighted by Gasteiger charge is 2.25. The summed E-state index contributed by atoms with van der Waals surface area (Å²) >= 11 is 6.91. The van der Waals surface area contributed by atoms with Crippen LogP contribution in [-0.2, 0) is 0 Å². The molecule has 2 aromatic heterocycles. The molecule has 11 aromatic rings. The zero-order chi connectivity index (χ0) is 40.0. The van der Waals surface area contributed by atoms with E-state index in [1.54, 1.807) is 0 Å². The second kappa shape index (κ2) is 14.9. The van der Waals surface area contributed by atoms with Crippen molar-refractivity contribution in [1.82, 2.24) is 0 Å². The predicted molar refractivity (Wildman–Crippen MR) is 250 cm³/mol. The smallest absolute Gasteiger partial charge is 0.139 e. The molecule has 0 aliphatic carbocycles. The minimum absolute atomic E-state index is 0.590. The van der Waals surface area contributed by atoms with Gasteiger partial charge in [0.25, 0.3) is 0 Å². The molecular weight excluding hydrogens is 758 g/mol. The Labute approximate surface area is 352 Å². The molecule has 0 spiro atoms. The first-order valence-corrected chi connectivity index (χ1v) is 20.3. The fraction of sp³-hybridized carbons (Fsp3) is 0. The highest BCUT2D eigenvalue weighted by molar-refractivity contribution is 6.32. The van der Waals surface area contributed by atoms with Crippen molar-refractivity contribution in [3.8, 4) is 0 Å². The monoisotopic (exact) mass is 793 g/mol. The van der Waals surface area contributed by atoms with E-state index in [2.05, 4.69) is 185 Å². The number of benzene rings is 9. The van der Waals surface area contributed by atoms with Gasteiger partial charge in [-0.25, -0.2) is 0 Å². The molecule has 0 aliphatic heterocycles. The van der Waals surface area contributed by atoms with Crippen LogP contribution in [0.2, 0.25) is 5.02 Å². The van der Waals surface area contributed by atoms with Gasteiger partial charge in [0.05, 0.1) is 27.8 Å². The highest BCUT2D eigenvalue weighted by atomic mass is 35.5. The van der Waals surface area contributed by atoms with Crippen molar-refractivity contribution in [3.05, 3.63) is 223 Å². The van der Waals surface area contributed by atoms with Gasteiger partial charge in [-0.1, -0.05) is 127 Å². The standard InChI is InChI=1S/C54H36ClN3O2/c55-37-32-47(53-45-28-13-15-30-49(45)59-51(53)33-37)58(41-24-11-4-12-25-41)43-27-17-26-42(34-43)56(38-18-5-1-6-19-38)44-35-48(54-46-29-14-16-31-50(46)60-52(54)36-44)57(39-20-7-2-8-21-39)40-22-9-3-10-23-40/h1-36H. The van der Waals surface area contributed by atoms with Gasteiger partial charge in [0, 0.05) is 62.1 Å². The van der Waals surface area contributed by atoms with Crippen LogP contribution in [0.5, 0.6) is 0 Å². The van der Waals surface area contributed by atoms with Gasteiger partial charge in [-0.2, -0.15) is 0 Å². The maximum atomic E-state index is 6.91. The number of para-hydroxylation sites is 6. The predicted octanol–water partition coefficient (Wildman–Crippen LogP) is 16.5. The Kier molecular flexibility index (Phi) is 8.80. The Morgan fingerprint density at radius 2 is 0.667 bits per heavy atom. The summed E-state index contributed by atoms with van der Waals surface area (Å²) in [6.07, 6.45) is 0. The second-order valence-corrected chi connectivity index (χ2v) is 15.1. The summed E-state index contributed by atoms with van der Waals surface area (Å²) < 4.78 is 13.1. The van der Waals surface area contributed by atoms with Crippen molar-refractivity contribution in [3.63, 3.8) is 0 Å². The average molecular weight is 794 g/mol. The van der Waals surface area contributed by atoms with Crippen LogP contribution in [0.3, 0.4) is 0 Å². The Bertz CT molecular complexity index is 3250. The normalized spacial score (nSPS) is 11.4. The van der Waals surface area contributed by atoms with E-state index >= 15 is 0 Å². The zero-order valence-corrected chi connectivity index (χ0v) is 33.1. The molecule has 6 heteroatoms. The first-order chi connectivity index (χ1) is 29.7. The first-order valence-electron chi connectivity index (χ1n) is 19.9. The van der Waals surface area contributed by atoms with Gasteiger partial charge in [0.2, 0.25) is 0 Å². The summed E-state index contributed by atoms with van der Waals surface area (Å²) in [4.78, 5) is 6.89. The Balaban J connectivity index is 1.16. The number of anilines is 9. The molecule has 5 nitrogen and oxygen atoms in total. The maximum Gasteiger partial charge on any atom is 0.139 e. The van der Waals surface area contributed by atoms with Gasteiger partial charge < -0.3 is 23.5 Å². The molecular formula is C54H36ClN3O2. The van der Waals surface area contributed by atoms with E-state index in [4.69, 9.17) is 20.4 Å². The molecule has 0 radical (unpaired) electrons. The summed E-state index contributed by atoms with van der Waals surface area (Å²) in [6, 6.07) is 75.5. The summed E-state index contributed by atoms with van der Waals surface area (Å²) in [6.45, 7) is 0. The van der Waals surface area contributed by atoms with Gasteiger partial charge in [-0.05, 0) is 91.0 Å². The van der Waals surface area contributed by atoms with E-state index in [9.17, 15) is 0 Å². The van der Waals surface area contributed by atoms with Crippen molar-refractivity contribution >= 4 is 107 Å². The zero-order valence-electron chi connectivity index (χ0n) is 32.3. The molecule has 9 aromatic carbocycles. The lowest BCUT2D eigenvalue weighted by Crippen LogP contribution is -2.15. The highest BCUT2D eigenvalue weighted by Crippen LogP contribution is 2.49. The summed E-state index contributed by atoms with van der Waals surface area (Å²) in [5.41, 5.74) is 12.0. The number of nitrogens with zero attached hydrogens (tertiary/aromatic N) is 3. The van der Waals surface area contributed by atoms with Crippen LogP contribution in [0.25, 0.3) is 43.9 Å². The lowest BCUT2D eigenvalue weighted by Gasteiger charge is -2.31. The lowest BCUT2D eigenvalue weighted by atomic mass is 10.1. The number of fused-ring (bicyclic) bond motifs is 6. The Morgan fingerprint density at radius 1 is 0.283 bits per heavy atom. The molecule has 0 saturated carbocycles. The Morgan fingerprint density at radius 3 is 1.18 bits per heavy atom. The van der Waals surface area contributed by atoms with E-state index < -0.39 is 0 Å². The molecule has 0 N–H and O–H groups in total. The fourth-order valence-corrected chi connectivity index (χ4v) is 8.68. The summed E-state index contributed by atoms with van der Waals surface area (Å²) in [5.74, 6) is 0. The van der Waals surface area contributed by atoms with Crippen molar-refractivity contribution in [2.45, 2.75) is 0 Å². The molecule has 2 heterocycles. The Hall–Kier alpha value is -7.73. The number of hydrogen-bond acceptors (Lipinski definition) is 5. The largest absolute Gasteiger partial charge is 0.456 e. The molecule has 0 unspecified atom stereocenters. The van der Waals surface area contributed by atoms with Crippen LogP contribution in [0.4, 0.5) is 51.2 Å². The van der Waals surface area contributed by atoms with E-state index in [0.29, 0.717) is 5.02 Å². The SMILES string of the molecule is Clc1cc(N(c2ccccc2)c2cccc(N(c3ccccc3)c3cc(N(c4ccccc4)c4ccccc4)c4c(c3)oc3ccccc34)c2)c2c(c1)oc1ccccc12. The van der Waals surface area contributed by atoms with Crippen LogP contribution in [0.1, 0.15) is 0 Å². The van der Waals surface area contributed by atoms with Gasteiger partial charge >= 0.3 is 0 Å². The molecule has 286 valence electrons. The second-order valence-electron chi connectivity index (χ2n) is 14.7. The van der Waals surface area contributed by atoms with Gasteiger partial charge in [-0.3, -0.25) is 0 Å².